The van der Waals surface area contributed by atoms with E-state index < -0.39 is 18.2 Å². The molecular weight excluding hydrogens is 421 g/mol. The highest BCUT2D eigenvalue weighted by molar-refractivity contribution is 7.16. The molecule has 0 saturated carbocycles. The maximum absolute atomic E-state index is 13.1. The number of amides is 2. The van der Waals surface area contributed by atoms with Gasteiger partial charge in [-0.2, -0.15) is 13.2 Å². The number of carbonyl (C=O) groups is 1. The first-order valence-corrected chi connectivity index (χ1v) is 9.88. The number of nitrogens with zero attached hydrogens (tertiary/aromatic N) is 5. The van der Waals surface area contributed by atoms with E-state index in [1.54, 1.807) is 6.07 Å². The van der Waals surface area contributed by atoms with Crippen LogP contribution in [0.15, 0.2) is 24.5 Å². The molecule has 0 bridgehead atoms. The van der Waals surface area contributed by atoms with E-state index in [4.69, 9.17) is 0 Å². The fourth-order valence-electron chi connectivity index (χ4n) is 2.91. The van der Waals surface area contributed by atoms with Crippen LogP contribution in [0.5, 0.6) is 0 Å². The summed E-state index contributed by atoms with van der Waals surface area (Å²) in [4.78, 5) is 21.9. The summed E-state index contributed by atoms with van der Waals surface area (Å²) in [7, 11) is 0. The number of urea groups is 1. The van der Waals surface area contributed by atoms with Crippen LogP contribution in [0, 0.1) is 0 Å². The van der Waals surface area contributed by atoms with E-state index in [-0.39, 0.29) is 17.3 Å². The van der Waals surface area contributed by atoms with E-state index in [1.165, 1.54) is 23.5 Å². The molecule has 0 radical (unpaired) electrons. The van der Waals surface area contributed by atoms with Gasteiger partial charge < -0.3 is 9.88 Å². The van der Waals surface area contributed by atoms with E-state index in [2.05, 4.69) is 36.1 Å². The summed E-state index contributed by atoms with van der Waals surface area (Å²) in [5.74, 6) is 0.876. The lowest BCUT2D eigenvalue weighted by Gasteiger charge is -2.18. The Labute approximate surface area is 172 Å². The van der Waals surface area contributed by atoms with Gasteiger partial charge in [0.15, 0.2) is 11.0 Å². The number of alkyl halides is 3. The Morgan fingerprint density at radius 3 is 2.90 bits per heavy atom. The van der Waals surface area contributed by atoms with Crippen molar-refractivity contribution < 1.29 is 18.0 Å². The van der Waals surface area contributed by atoms with Crippen molar-refractivity contribution >= 4 is 34.1 Å². The van der Waals surface area contributed by atoms with Crippen molar-refractivity contribution in [2.45, 2.75) is 32.0 Å². The molecule has 4 heterocycles. The van der Waals surface area contributed by atoms with Crippen LogP contribution in [0.3, 0.4) is 0 Å². The van der Waals surface area contributed by atoms with E-state index in [1.807, 2.05) is 0 Å². The Kier molecular flexibility index (Phi) is 5.28. The summed E-state index contributed by atoms with van der Waals surface area (Å²) < 4.78 is 40.1. The quantitative estimate of drug-likeness (QED) is 0.570. The molecule has 3 N–H and O–H groups in total. The minimum absolute atomic E-state index is 0.0532. The molecular formula is C17H17F3N8OS. The number of carbonyl (C=O) groups excluding carboxylic acids is 1. The van der Waals surface area contributed by atoms with Crippen LogP contribution in [-0.2, 0) is 6.42 Å². The van der Waals surface area contributed by atoms with Crippen LogP contribution in [0.25, 0.3) is 11.5 Å². The average Bonchev–Trinajstić information content (AvgIpc) is 3.33. The molecule has 3 aromatic heterocycles. The third-order valence-electron chi connectivity index (χ3n) is 4.47. The smallest absolute Gasteiger partial charge is 0.369 e. The second-order valence-electron chi connectivity index (χ2n) is 6.59. The molecule has 3 aromatic rings. The maximum Gasteiger partial charge on any atom is 0.408 e. The number of rotatable bonds is 4. The van der Waals surface area contributed by atoms with E-state index in [9.17, 15) is 18.0 Å². The SMILES string of the molecule is CC(n1cnnc1-c1cccc(NC(=O)Nc2nc3c(s2)CCCN3)n1)C(F)(F)F. The highest BCUT2D eigenvalue weighted by atomic mass is 32.1. The van der Waals surface area contributed by atoms with E-state index in [0.29, 0.717) is 5.13 Å². The zero-order valence-electron chi connectivity index (χ0n) is 15.7. The standard InChI is InChI=1S/C17H17F3N8OS/c1-9(17(18,19)20)28-8-22-27-14(28)10-4-2-6-12(23-10)24-15(29)26-16-25-13-11(30-16)5-3-7-21-13/h2,4,6,8-9,21H,3,5,7H2,1H3,(H2,23,24,25,26,29). The van der Waals surface area contributed by atoms with Gasteiger partial charge >= 0.3 is 12.2 Å². The summed E-state index contributed by atoms with van der Waals surface area (Å²) in [6.07, 6.45) is -1.55. The first-order valence-electron chi connectivity index (χ1n) is 9.06. The number of pyridine rings is 1. The zero-order valence-corrected chi connectivity index (χ0v) is 16.5. The minimum Gasteiger partial charge on any atom is -0.369 e. The van der Waals surface area contributed by atoms with Crippen LogP contribution in [0.2, 0.25) is 0 Å². The number of fused-ring (bicyclic) bond motifs is 1. The normalized spacial score (nSPS) is 14.5. The lowest BCUT2D eigenvalue weighted by molar-refractivity contribution is -0.162. The Morgan fingerprint density at radius 2 is 2.13 bits per heavy atom. The number of halogens is 3. The van der Waals surface area contributed by atoms with Crippen LogP contribution < -0.4 is 16.0 Å². The van der Waals surface area contributed by atoms with Crippen molar-refractivity contribution in [3.8, 4) is 11.5 Å². The molecule has 0 aliphatic carbocycles. The number of hydrogen-bond donors (Lipinski definition) is 3. The Hall–Kier alpha value is -3.22. The fourth-order valence-corrected chi connectivity index (χ4v) is 3.88. The van der Waals surface area contributed by atoms with Gasteiger partial charge in [0.2, 0.25) is 0 Å². The molecule has 30 heavy (non-hydrogen) atoms. The molecule has 9 nitrogen and oxygen atoms in total. The molecule has 1 unspecified atom stereocenters. The molecule has 2 amide bonds. The molecule has 0 aromatic carbocycles. The highest BCUT2D eigenvalue weighted by Gasteiger charge is 2.38. The second kappa shape index (κ2) is 7.89. The Balaban J connectivity index is 1.48. The molecule has 1 aliphatic rings. The number of anilines is 3. The Bertz CT molecular complexity index is 1040. The molecule has 0 fully saturated rings. The number of nitrogens with one attached hydrogen (secondary N) is 3. The van der Waals surface area contributed by atoms with Crippen LogP contribution in [-0.4, -0.2) is 43.5 Å². The summed E-state index contributed by atoms with van der Waals surface area (Å²) in [6.45, 7) is 1.85. The molecule has 1 aliphatic heterocycles. The molecule has 158 valence electrons. The lowest BCUT2D eigenvalue weighted by Crippen LogP contribution is -2.24. The van der Waals surface area contributed by atoms with Gasteiger partial charge in [0.1, 0.15) is 29.7 Å². The molecule has 1 atom stereocenters. The number of hydrogen-bond acceptors (Lipinski definition) is 7. The Morgan fingerprint density at radius 1 is 1.30 bits per heavy atom. The van der Waals surface area contributed by atoms with Gasteiger partial charge in [0.25, 0.3) is 0 Å². The van der Waals surface area contributed by atoms with E-state index >= 15 is 0 Å². The number of aryl methyl sites for hydroxylation is 1. The predicted octanol–water partition coefficient (Wildman–Crippen LogP) is 3.92. The second-order valence-corrected chi connectivity index (χ2v) is 7.67. The van der Waals surface area contributed by atoms with E-state index in [0.717, 1.165) is 47.9 Å². The monoisotopic (exact) mass is 438 g/mol. The topological polar surface area (TPSA) is 110 Å². The van der Waals surface area contributed by atoms with Crippen LogP contribution >= 0.6 is 11.3 Å². The first-order chi connectivity index (χ1) is 14.3. The number of aromatic nitrogens is 5. The van der Waals surface area contributed by atoms with Gasteiger partial charge in [-0.1, -0.05) is 17.4 Å². The summed E-state index contributed by atoms with van der Waals surface area (Å²) in [5, 5.41) is 16.1. The third kappa shape index (κ3) is 4.20. The lowest BCUT2D eigenvalue weighted by atomic mass is 10.2. The molecule has 0 saturated heterocycles. The van der Waals surface area contributed by atoms with Gasteiger partial charge in [-0.05, 0) is 31.9 Å². The maximum atomic E-state index is 13.1. The minimum atomic E-state index is -4.46. The zero-order chi connectivity index (χ0) is 21.3. The van der Waals surface area contributed by atoms with Gasteiger partial charge in [0, 0.05) is 6.54 Å². The summed E-state index contributed by atoms with van der Waals surface area (Å²) >= 11 is 1.39. The molecule has 4 rings (SSSR count). The van der Waals surface area contributed by atoms with Crippen molar-refractivity contribution in [2.75, 3.05) is 22.5 Å². The fraction of sp³-hybridized carbons (Fsp3) is 0.353. The summed E-state index contributed by atoms with van der Waals surface area (Å²) in [5.41, 5.74) is 0.148. The van der Waals surface area contributed by atoms with Crippen molar-refractivity contribution in [2.24, 2.45) is 0 Å². The van der Waals surface area contributed by atoms with Gasteiger partial charge in [-0.15, -0.1) is 10.2 Å². The van der Waals surface area contributed by atoms with Crippen LogP contribution in [0.4, 0.5) is 34.7 Å². The van der Waals surface area contributed by atoms with Gasteiger partial charge in [-0.25, -0.2) is 14.8 Å². The average molecular weight is 438 g/mol. The van der Waals surface area contributed by atoms with Crippen molar-refractivity contribution in [3.05, 3.63) is 29.4 Å². The largest absolute Gasteiger partial charge is 0.408 e. The third-order valence-corrected chi connectivity index (χ3v) is 5.51. The van der Waals surface area contributed by atoms with Gasteiger partial charge in [-0.3, -0.25) is 10.6 Å². The predicted molar refractivity (Wildman–Crippen MR) is 106 cm³/mol. The van der Waals surface area contributed by atoms with Crippen LogP contribution in [0.1, 0.15) is 24.3 Å². The summed E-state index contributed by atoms with van der Waals surface area (Å²) in [6, 6.07) is 2.18. The van der Waals surface area contributed by atoms with Gasteiger partial charge in [0.05, 0.1) is 4.88 Å². The van der Waals surface area contributed by atoms with Crippen molar-refractivity contribution in [1.29, 1.82) is 0 Å². The van der Waals surface area contributed by atoms with Crippen molar-refractivity contribution in [1.82, 2.24) is 24.7 Å². The van der Waals surface area contributed by atoms with Crippen molar-refractivity contribution in [3.63, 3.8) is 0 Å². The molecule has 13 heteroatoms. The number of thiazole rings is 1. The first kappa shape index (κ1) is 20.1. The molecule has 0 spiro atoms. The highest BCUT2D eigenvalue weighted by Crippen LogP contribution is 2.33.